The fourth-order valence-corrected chi connectivity index (χ4v) is 2.85. The second-order valence-electron chi connectivity index (χ2n) is 6.41. The first-order chi connectivity index (χ1) is 11.1. The van der Waals surface area contributed by atoms with Gasteiger partial charge in [0.25, 0.3) is 0 Å². The Morgan fingerprint density at radius 1 is 1.25 bits per heavy atom. The van der Waals surface area contributed by atoms with E-state index in [0.29, 0.717) is 24.4 Å². The number of hydrogen-bond acceptors (Lipinski definition) is 3. The van der Waals surface area contributed by atoms with E-state index in [0.717, 1.165) is 44.0 Å². The number of aliphatic imine (C=N–C) groups is 1. The van der Waals surface area contributed by atoms with Gasteiger partial charge in [-0.15, -0.1) is 24.0 Å². The van der Waals surface area contributed by atoms with Crippen LogP contribution in [0.3, 0.4) is 0 Å². The lowest BCUT2D eigenvalue weighted by atomic mass is 10.0. The molecule has 0 spiro atoms. The van der Waals surface area contributed by atoms with Gasteiger partial charge in [0.05, 0.1) is 6.54 Å². The van der Waals surface area contributed by atoms with E-state index in [1.54, 1.807) is 12.1 Å². The van der Waals surface area contributed by atoms with Crippen LogP contribution in [0, 0.1) is 0 Å². The Labute approximate surface area is 162 Å². The molecule has 0 unspecified atom stereocenters. The van der Waals surface area contributed by atoms with Crippen molar-refractivity contribution in [2.75, 3.05) is 19.6 Å². The first-order valence-corrected chi connectivity index (χ1v) is 8.65. The topological polar surface area (TPSA) is 59.9 Å². The minimum atomic E-state index is 0. The molecule has 6 heteroatoms. The van der Waals surface area contributed by atoms with Crippen LogP contribution in [0.25, 0.3) is 0 Å². The molecule has 1 aromatic rings. The molecule has 5 nitrogen and oxygen atoms in total. The number of piperidine rings is 1. The number of phenolic OH excluding ortho intramolecular Hbond substituents is 1. The van der Waals surface area contributed by atoms with Gasteiger partial charge in [0.15, 0.2) is 5.96 Å². The SMILES string of the molecule is CCNC(=NCc1ccc(O)cc1)NC1CCN(C(C)C)CC1.I. The molecule has 0 atom stereocenters. The predicted octanol–water partition coefficient (Wildman–Crippen LogP) is 2.94. The lowest BCUT2D eigenvalue weighted by Crippen LogP contribution is -2.49. The summed E-state index contributed by atoms with van der Waals surface area (Å²) in [4.78, 5) is 7.19. The van der Waals surface area contributed by atoms with E-state index in [1.165, 1.54) is 0 Å². The van der Waals surface area contributed by atoms with Crippen LogP contribution in [0.4, 0.5) is 0 Å². The Hall–Kier alpha value is -1.02. The molecule has 3 N–H and O–H groups in total. The third kappa shape index (κ3) is 6.84. The van der Waals surface area contributed by atoms with Crippen molar-refractivity contribution < 1.29 is 5.11 Å². The Kier molecular flexibility index (Phi) is 9.43. The van der Waals surface area contributed by atoms with Crippen LogP contribution < -0.4 is 10.6 Å². The summed E-state index contributed by atoms with van der Waals surface area (Å²) in [5, 5.41) is 16.2. The van der Waals surface area contributed by atoms with E-state index < -0.39 is 0 Å². The summed E-state index contributed by atoms with van der Waals surface area (Å²) in [7, 11) is 0. The molecule has 0 saturated carbocycles. The summed E-state index contributed by atoms with van der Waals surface area (Å²) in [5.74, 6) is 1.17. The van der Waals surface area contributed by atoms with E-state index in [2.05, 4.69) is 41.3 Å². The van der Waals surface area contributed by atoms with Crippen molar-refractivity contribution in [1.29, 1.82) is 0 Å². The van der Waals surface area contributed by atoms with Gasteiger partial charge >= 0.3 is 0 Å². The first-order valence-electron chi connectivity index (χ1n) is 8.65. The zero-order valence-corrected chi connectivity index (χ0v) is 17.3. The van der Waals surface area contributed by atoms with Crippen molar-refractivity contribution in [3.05, 3.63) is 29.8 Å². The molecule has 1 saturated heterocycles. The number of guanidine groups is 1. The molecule has 1 heterocycles. The number of halogens is 1. The van der Waals surface area contributed by atoms with Crippen molar-refractivity contribution >= 4 is 29.9 Å². The number of nitrogens with zero attached hydrogens (tertiary/aromatic N) is 2. The van der Waals surface area contributed by atoms with Crippen molar-refractivity contribution in [1.82, 2.24) is 15.5 Å². The van der Waals surface area contributed by atoms with Crippen LogP contribution in [-0.2, 0) is 6.54 Å². The number of hydrogen-bond donors (Lipinski definition) is 3. The van der Waals surface area contributed by atoms with Gasteiger partial charge in [-0.3, -0.25) is 0 Å². The summed E-state index contributed by atoms with van der Waals surface area (Å²) < 4.78 is 0. The zero-order valence-electron chi connectivity index (χ0n) is 15.0. The largest absolute Gasteiger partial charge is 0.508 e. The van der Waals surface area contributed by atoms with Gasteiger partial charge in [-0.2, -0.15) is 0 Å². The summed E-state index contributed by atoms with van der Waals surface area (Å²) in [5.41, 5.74) is 1.09. The fraction of sp³-hybridized carbons (Fsp3) is 0.611. The molecule has 24 heavy (non-hydrogen) atoms. The highest BCUT2D eigenvalue weighted by Gasteiger charge is 2.21. The maximum Gasteiger partial charge on any atom is 0.191 e. The van der Waals surface area contributed by atoms with Crippen LogP contribution in [0.15, 0.2) is 29.3 Å². The Morgan fingerprint density at radius 3 is 2.42 bits per heavy atom. The van der Waals surface area contributed by atoms with Crippen molar-refractivity contribution in [2.24, 2.45) is 4.99 Å². The standard InChI is InChI=1S/C18H30N4O.HI/c1-4-19-18(20-13-15-5-7-17(23)8-6-15)21-16-9-11-22(12-10-16)14(2)3;/h5-8,14,16,23H,4,9-13H2,1-3H3,(H2,19,20,21);1H. The number of aromatic hydroxyl groups is 1. The van der Waals surface area contributed by atoms with Crippen molar-refractivity contribution in [3.63, 3.8) is 0 Å². The molecule has 1 fully saturated rings. The number of phenols is 1. The minimum absolute atomic E-state index is 0. The quantitative estimate of drug-likeness (QED) is 0.370. The highest BCUT2D eigenvalue weighted by atomic mass is 127. The highest BCUT2D eigenvalue weighted by Crippen LogP contribution is 2.13. The maximum atomic E-state index is 9.33. The normalized spacial score (nSPS) is 16.8. The minimum Gasteiger partial charge on any atom is -0.508 e. The van der Waals surface area contributed by atoms with Gasteiger partial charge in [0.2, 0.25) is 0 Å². The van der Waals surface area contributed by atoms with E-state index >= 15 is 0 Å². The molecule has 0 aliphatic carbocycles. The second-order valence-corrected chi connectivity index (χ2v) is 6.41. The molecule has 1 aliphatic rings. The molecule has 1 aliphatic heterocycles. The van der Waals surface area contributed by atoms with Gasteiger partial charge in [0.1, 0.15) is 5.75 Å². The maximum absolute atomic E-state index is 9.33. The lowest BCUT2D eigenvalue weighted by molar-refractivity contribution is 0.167. The van der Waals surface area contributed by atoms with E-state index in [4.69, 9.17) is 0 Å². The van der Waals surface area contributed by atoms with E-state index in [-0.39, 0.29) is 24.0 Å². The van der Waals surface area contributed by atoms with Gasteiger partial charge in [-0.05, 0) is 51.3 Å². The predicted molar refractivity (Wildman–Crippen MR) is 111 cm³/mol. The molecule has 0 amide bonds. The lowest BCUT2D eigenvalue weighted by Gasteiger charge is -2.35. The van der Waals surface area contributed by atoms with Crippen LogP contribution in [-0.4, -0.2) is 47.7 Å². The van der Waals surface area contributed by atoms with Gasteiger partial charge < -0.3 is 20.6 Å². The van der Waals surface area contributed by atoms with Crippen molar-refractivity contribution in [3.8, 4) is 5.75 Å². The van der Waals surface area contributed by atoms with Crippen LogP contribution in [0.5, 0.6) is 5.75 Å². The van der Waals surface area contributed by atoms with Crippen LogP contribution in [0.1, 0.15) is 39.2 Å². The Balaban J connectivity index is 0.00000288. The molecule has 0 aromatic heterocycles. The molecular weight excluding hydrogens is 415 g/mol. The zero-order chi connectivity index (χ0) is 16.7. The molecule has 0 bridgehead atoms. The Bertz CT molecular complexity index is 496. The molecule has 2 rings (SSSR count). The third-order valence-corrected chi connectivity index (χ3v) is 4.30. The smallest absolute Gasteiger partial charge is 0.191 e. The third-order valence-electron chi connectivity index (χ3n) is 4.30. The molecule has 0 radical (unpaired) electrons. The van der Waals surface area contributed by atoms with Crippen molar-refractivity contribution in [2.45, 2.75) is 52.2 Å². The second kappa shape index (κ2) is 10.8. The summed E-state index contributed by atoms with van der Waals surface area (Å²) in [6.07, 6.45) is 2.31. The number of rotatable bonds is 5. The first kappa shape index (κ1) is 21.0. The average molecular weight is 446 g/mol. The summed E-state index contributed by atoms with van der Waals surface area (Å²) >= 11 is 0. The van der Waals surface area contributed by atoms with Gasteiger partial charge in [-0.25, -0.2) is 4.99 Å². The fourth-order valence-electron chi connectivity index (χ4n) is 2.85. The average Bonchev–Trinajstić information content (AvgIpc) is 2.55. The Morgan fingerprint density at radius 2 is 1.88 bits per heavy atom. The summed E-state index contributed by atoms with van der Waals surface area (Å²) in [6, 6.07) is 8.34. The van der Waals surface area contributed by atoms with E-state index in [1.807, 2.05) is 12.1 Å². The van der Waals surface area contributed by atoms with Crippen LogP contribution >= 0.6 is 24.0 Å². The summed E-state index contributed by atoms with van der Waals surface area (Å²) in [6.45, 7) is 10.4. The number of benzene rings is 1. The number of likely N-dealkylation sites (tertiary alicyclic amines) is 1. The molecule has 136 valence electrons. The van der Waals surface area contributed by atoms with E-state index in [9.17, 15) is 5.11 Å². The van der Waals surface area contributed by atoms with Gasteiger partial charge in [-0.1, -0.05) is 12.1 Å². The van der Waals surface area contributed by atoms with Gasteiger partial charge in [0, 0.05) is 31.7 Å². The molecular formula is C18H31IN4O. The van der Waals surface area contributed by atoms with Crippen LogP contribution in [0.2, 0.25) is 0 Å². The monoisotopic (exact) mass is 446 g/mol. The highest BCUT2D eigenvalue weighted by molar-refractivity contribution is 14.0. The number of nitrogens with one attached hydrogen (secondary N) is 2. The molecule has 1 aromatic carbocycles.